The molecule has 0 saturated carbocycles. The average molecular weight is 347 g/mol. The molecule has 6 heteroatoms. The summed E-state index contributed by atoms with van der Waals surface area (Å²) in [6.45, 7) is 4.28. The minimum absolute atomic E-state index is 0.0766. The maximum absolute atomic E-state index is 10.3. The number of methoxy groups -OCH3 is 2. The van der Waals surface area contributed by atoms with Gasteiger partial charge in [0.25, 0.3) is 5.17 Å². The van der Waals surface area contributed by atoms with Gasteiger partial charge in [0, 0.05) is 5.56 Å². The fraction of sp³-hybridized carbons (Fsp3) is 0.278. The van der Waals surface area contributed by atoms with Gasteiger partial charge in [0.1, 0.15) is 23.8 Å². The van der Waals surface area contributed by atoms with Gasteiger partial charge in [0.15, 0.2) is 0 Å². The van der Waals surface area contributed by atoms with Crippen molar-refractivity contribution in [1.29, 1.82) is 0 Å². The molecular weight excluding hydrogens is 326 g/mol. The first-order valence-corrected chi connectivity index (χ1v) is 7.81. The Bertz CT molecular complexity index is 733. The Morgan fingerprint density at radius 1 is 1.12 bits per heavy atom. The number of hydrogen-bond donors (Lipinski definition) is 1. The summed E-state index contributed by atoms with van der Waals surface area (Å²) in [5.41, 5.74) is 3.34. The molecule has 0 fully saturated rings. The monoisotopic (exact) mass is 347 g/mol. The SMILES string of the molecule is COC(=S)N(O)c1c(COc2ccc(C)cc2C)cccc1OC. The fourth-order valence-electron chi connectivity index (χ4n) is 2.38. The third-order valence-electron chi connectivity index (χ3n) is 3.58. The maximum atomic E-state index is 10.3. The van der Waals surface area contributed by atoms with Gasteiger partial charge in [0.05, 0.1) is 14.2 Å². The molecule has 24 heavy (non-hydrogen) atoms. The van der Waals surface area contributed by atoms with Crippen molar-refractivity contribution in [2.75, 3.05) is 19.3 Å². The summed E-state index contributed by atoms with van der Waals surface area (Å²) in [5.74, 6) is 1.26. The summed E-state index contributed by atoms with van der Waals surface area (Å²) in [4.78, 5) is 0. The maximum Gasteiger partial charge on any atom is 0.288 e. The molecule has 0 radical (unpaired) electrons. The van der Waals surface area contributed by atoms with Crippen LogP contribution in [0, 0.1) is 13.8 Å². The highest BCUT2D eigenvalue weighted by Crippen LogP contribution is 2.33. The summed E-state index contributed by atoms with van der Waals surface area (Å²) < 4.78 is 16.2. The second kappa shape index (κ2) is 7.99. The Hall–Kier alpha value is -2.31. The predicted octanol–water partition coefficient (Wildman–Crippen LogP) is 4.02. The van der Waals surface area contributed by atoms with E-state index in [0.717, 1.165) is 21.9 Å². The van der Waals surface area contributed by atoms with Crippen LogP contribution in [-0.4, -0.2) is 24.6 Å². The fourth-order valence-corrected chi connectivity index (χ4v) is 2.48. The van der Waals surface area contributed by atoms with Crippen LogP contribution in [0.3, 0.4) is 0 Å². The van der Waals surface area contributed by atoms with E-state index in [4.69, 9.17) is 26.4 Å². The van der Waals surface area contributed by atoms with Crippen LogP contribution in [0.15, 0.2) is 36.4 Å². The molecule has 0 aliphatic carbocycles. The molecule has 0 aromatic heterocycles. The lowest BCUT2D eigenvalue weighted by Gasteiger charge is -2.22. The molecule has 0 spiro atoms. The molecule has 2 aromatic carbocycles. The number of benzene rings is 2. The minimum Gasteiger partial charge on any atom is -0.494 e. The van der Waals surface area contributed by atoms with Gasteiger partial charge < -0.3 is 14.2 Å². The van der Waals surface area contributed by atoms with Crippen molar-refractivity contribution in [2.45, 2.75) is 20.5 Å². The van der Waals surface area contributed by atoms with E-state index in [-0.39, 0.29) is 11.8 Å². The Morgan fingerprint density at radius 3 is 2.50 bits per heavy atom. The van der Waals surface area contributed by atoms with E-state index in [2.05, 4.69) is 6.07 Å². The van der Waals surface area contributed by atoms with Crippen LogP contribution in [0.1, 0.15) is 16.7 Å². The number of thiocarbonyl (C=S) groups is 1. The van der Waals surface area contributed by atoms with Crippen molar-refractivity contribution in [3.05, 3.63) is 53.1 Å². The van der Waals surface area contributed by atoms with E-state index in [1.54, 1.807) is 6.07 Å². The highest BCUT2D eigenvalue weighted by molar-refractivity contribution is 7.80. The molecule has 1 N–H and O–H groups in total. The van der Waals surface area contributed by atoms with Crippen LogP contribution < -0.4 is 14.5 Å². The van der Waals surface area contributed by atoms with E-state index < -0.39 is 0 Å². The Morgan fingerprint density at radius 2 is 1.88 bits per heavy atom. The van der Waals surface area contributed by atoms with Gasteiger partial charge in [-0.05, 0) is 43.8 Å². The Balaban J connectivity index is 2.31. The van der Waals surface area contributed by atoms with Gasteiger partial charge in [-0.25, -0.2) is 0 Å². The number of ether oxygens (including phenoxy) is 3. The van der Waals surface area contributed by atoms with Crippen LogP contribution >= 0.6 is 12.2 Å². The normalized spacial score (nSPS) is 10.2. The molecule has 0 bridgehead atoms. The van der Waals surface area contributed by atoms with Crippen LogP contribution in [0.5, 0.6) is 11.5 Å². The zero-order valence-electron chi connectivity index (χ0n) is 14.2. The van der Waals surface area contributed by atoms with Gasteiger partial charge in [0.2, 0.25) is 0 Å². The number of hydrogen-bond acceptors (Lipinski definition) is 5. The number of hydroxylamine groups is 1. The molecule has 0 saturated heterocycles. The smallest absolute Gasteiger partial charge is 0.288 e. The van der Waals surface area contributed by atoms with Crippen molar-refractivity contribution in [3.8, 4) is 11.5 Å². The second-order valence-corrected chi connectivity index (χ2v) is 5.66. The highest BCUT2D eigenvalue weighted by Gasteiger charge is 2.20. The van der Waals surface area contributed by atoms with Crippen molar-refractivity contribution in [1.82, 2.24) is 0 Å². The zero-order valence-corrected chi connectivity index (χ0v) is 15.0. The van der Waals surface area contributed by atoms with Crippen molar-refractivity contribution < 1.29 is 19.4 Å². The minimum atomic E-state index is -0.0766. The van der Waals surface area contributed by atoms with E-state index in [0.29, 0.717) is 11.4 Å². The molecule has 0 heterocycles. The average Bonchev–Trinajstić information content (AvgIpc) is 2.59. The van der Waals surface area contributed by atoms with Gasteiger partial charge >= 0.3 is 0 Å². The van der Waals surface area contributed by atoms with E-state index >= 15 is 0 Å². The summed E-state index contributed by atoms with van der Waals surface area (Å²) in [6.07, 6.45) is 0. The summed E-state index contributed by atoms with van der Waals surface area (Å²) in [6, 6.07) is 11.4. The topological polar surface area (TPSA) is 51.2 Å². The molecule has 0 aliphatic heterocycles. The Kier molecular flexibility index (Phi) is 6.00. The molecule has 2 aromatic rings. The molecular formula is C18H21NO4S. The summed E-state index contributed by atoms with van der Waals surface area (Å²) in [7, 11) is 2.92. The lowest BCUT2D eigenvalue weighted by Crippen LogP contribution is -2.28. The first-order chi connectivity index (χ1) is 11.5. The third-order valence-corrected chi connectivity index (χ3v) is 3.92. The lowest BCUT2D eigenvalue weighted by atomic mass is 10.1. The van der Waals surface area contributed by atoms with Gasteiger partial charge in [-0.1, -0.05) is 29.8 Å². The lowest BCUT2D eigenvalue weighted by molar-refractivity contribution is 0.260. The molecule has 5 nitrogen and oxygen atoms in total. The van der Waals surface area contributed by atoms with E-state index in [1.165, 1.54) is 19.8 Å². The number of nitrogens with zero attached hydrogens (tertiary/aromatic N) is 1. The number of para-hydroxylation sites is 1. The van der Waals surface area contributed by atoms with Gasteiger partial charge in [-0.15, -0.1) is 0 Å². The number of rotatable bonds is 5. The largest absolute Gasteiger partial charge is 0.494 e. The van der Waals surface area contributed by atoms with Crippen LogP contribution in [-0.2, 0) is 11.3 Å². The van der Waals surface area contributed by atoms with Crippen LogP contribution in [0.4, 0.5) is 5.69 Å². The molecule has 2 rings (SSSR count). The van der Waals surface area contributed by atoms with Crippen molar-refractivity contribution in [3.63, 3.8) is 0 Å². The summed E-state index contributed by atoms with van der Waals surface area (Å²) >= 11 is 5.00. The molecule has 0 amide bonds. The second-order valence-electron chi connectivity index (χ2n) is 5.31. The predicted molar refractivity (Wildman–Crippen MR) is 97.1 cm³/mol. The molecule has 128 valence electrons. The number of aryl methyl sites for hydroxylation is 2. The van der Waals surface area contributed by atoms with Gasteiger partial charge in [-0.2, -0.15) is 5.06 Å². The molecule has 0 unspecified atom stereocenters. The quantitative estimate of drug-likeness (QED) is 0.651. The van der Waals surface area contributed by atoms with Crippen LogP contribution in [0.25, 0.3) is 0 Å². The first kappa shape index (κ1) is 18.0. The number of anilines is 1. The van der Waals surface area contributed by atoms with Gasteiger partial charge in [-0.3, -0.25) is 5.21 Å². The molecule has 0 atom stereocenters. The zero-order chi connectivity index (χ0) is 17.7. The third kappa shape index (κ3) is 3.96. The molecule has 0 aliphatic rings. The standard InChI is InChI=1S/C18H21NO4S/c1-12-8-9-15(13(2)10-12)23-11-14-6-5-7-16(21-3)17(14)19(20)18(24)22-4/h5-10,20H,11H2,1-4H3. The van der Waals surface area contributed by atoms with Crippen molar-refractivity contribution >= 4 is 23.1 Å². The Labute approximate surface area is 147 Å². The van der Waals surface area contributed by atoms with E-state index in [1.807, 2.05) is 38.1 Å². The first-order valence-electron chi connectivity index (χ1n) is 7.40. The van der Waals surface area contributed by atoms with Crippen LogP contribution in [0.2, 0.25) is 0 Å². The highest BCUT2D eigenvalue weighted by atomic mass is 32.1. The summed E-state index contributed by atoms with van der Waals surface area (Å²) in [5, 5.41) is 11.0. The van der Waals surface area contributed by atoms with E-state index in [9.17, 15) is 5.21 Å². The van der Waals surface area contributed by atoms with Crippen molar-refractivity contribution in [2.24, 2.45) is 0 Å².